The molecule has 172 valence electrons. The third-order valence-electron chi connectivity index (χ3n) is 6.33. The minimum atomic E-state index is -1.91. The number of phenols is 2. The second kappa shape index (κ2) is 7.27. The van der Waals surface area contributed by atoms with Gasteiger partial charge >= 0.3 is 5.97 Å². The molecule has 10 heteroatoms. The number of hydrogen-bond acceptors (Lipinski definition) is 9. The lowest BCUT2D eigenvalue weighted by Gasteiger charge is -2.31. The number of esters is 1. The number of carbonyl (C=O) groups excluding carboxylic acids is 1. The van der Waals surface area contributed by atoms with Crippen LogP contribution in [0.25, 0.3) is 22.3 Å². The SMILES string of the molecule is CC[C@@]1(O)C(=O)OCc2c1cc1n(c2=O)Cc2cc3c(CON(C)C)c(O)cc(O)c3nc2-1. The fourth-order valence-corrected chi connectivity index (χ4v) is 4.51. The number of aliphatic hydroxyl groups is 1. The number of nitrogens with zero attached hydrogens (tertiary/aromatic N) is 3. The fraction of sp³-hybridized carbons (Fsp3) is 0.348. The van der Waals surface area contributed by atoms with Gasteiger partial charge in [0.15, 0.2) is 5.60 Å². The summed E-state index contributed by atoms with van der Waals surface area (Å²) < 4.78 is 6.60. The highest BCUT2D eigenvalue weighted by Crippen LogP contribution is 2.41. The third-order valence-corrected chi connectivity index (χ3v) is 6.33. The monoisotopic (exact) mass is 453 g/mol. The van der Waals surface area contributed by atoms with Crippen LogP contribution in [0.15, 0.2) is 23.0 Å². The van der Waals surface area contributed by atoms with E-state index in [1.165, 1.54) is 15.7 Å². The van der Waals surface area contributed by atoms with Crippen LogP contribution < -0.4 is 5.56 Å². The first-order chi connectivity index (χ1) is 15.7. The number of rotatable bonds is 4. The molecule has 0 spiro atoms. The van der Waals surface area contributed by atoms with Crippen molar-refractivity contribution in [3.05, 3.63) is 50.8 Å². The Hall–Kier alpha value is -3.47. The highest BCUT2D eigenvalue weighted by molar-refractivity contribution is 5.93. The van der Waals surface area contributed by atoms with Gasteiger partial charge in [-0.15, -0.1) is 0 Å². The van der Waals surface area contributed by atoms with E-state index >= 15 is 0 Å². The van der Waals surface area contributed by atoms with Crippen molar-refractivity contribution in [2.24, 2.45) is 0 Å². The molecule has 0 radical (unpaired) electrons. The summed E-state index contributed by atoms with van der Waals surface area (Å²) in [5, 5.41) is 33.9. The minimum absolute atomic E-state index is 0.0506. The molecule has 0 saturated heterocycles. The first kappa shape index (κ1) is 21.4. The van der Waals surface area contributed by atoms with E-state index in [1.54, 1.807) is 33.2 Å². The van der Waals surface area contributed by atoms with E-state index in [9.17, 15) is 24.9 Å². The molecule has 0 unspecified atom stereocenters. The van der Waals surface area contributed by atoms with E-state index in [2.05, 4.69) is 4.98 Å². The van der Waals surface area contributed by atoms with Gasteiger partial charge in [0.25, 0.3) is 5.56 Å². The maximum atomic E-state index is 13.3. The molecule has 3 N–H and O–H groups in total. The van der Waals surface area contributed by atoms with Crippen LogP contribution >= 0.6 is 0 Å². The molecule has 2 aliphatic heterocycles. The molecule has 0 amide bonds. The number of aromatic hydroxyl groups is 2. The van der Waals surface area contributed by atoms with Crippen LogP contribution in [0.5, 0.6) is 11.5 Å². The van der Waals surface area contributed by atoms with Crippen molar-refractivity contribution in [2.75, 3.05) is 14.1 Å². The summed E-state index contributed by atoms with van der Waals surface area (Å²) in [6.07, 6.45) is 0.0506. The lowest BCUT2D eigenvalue weighted by molar-refractivity contribution is -0.172. The van der Waals surface area contributed by atoms with Gasteiger partial charge in [-0.1, -0.05) is 6.92 Å². The maximum Gasteiger partial charge on any atom is 0.343 e. The topological polar surface area (TPSA) is 134 Å². The molecule has 4 heterocycles. The minimum Gasteiger partial charge on any atom is -0.507 e. The molecule has 3 aromatic rings. The molecular formula is C23H23N3O7. The third kappa shape index (κ3) is 3.02. The van der Waals surface area contributed by atoms with Crippen molar-refractivity contribution < 1.29 is 29.7 Å². The van der Waals surface area contributed by atoms with E-state index in [0.29, 0.717) is 27.9 Å². The number of carbonyl (C=O) groups is 1. The van der Waals surface area contributed by atoms with E-state index in [4.69, 9.17) is 9.57 Å². The Balaban J connectivity index is 1.74. The smallest absolute Gasteiger partial charge is 0.343 e. The van der Waals surface area contributed by atoms with E-state index < -0.39 is 11.6 Å². The molecule has 1 aromatic carbocycles. The number of hydrogen-bond donors (Lipinski definition) is 3. The number of aromatic nitrogens is 2. The summed E-state index contributed by atoms with van der Waals surface area (Å²) in [5.41, 5.74) is 0.477. The molecule has 2 aromatic heterocycles. The van der Waals surface area contributed by atoms with Gasteiger partial charge in [0, 0.05) is 42.2 Å². The fourth-order valence-electron chi connectivity index (χ4n) is 4.51. The number of fused-ring (bicyclic) bond motifs is 5. The number of benzene rings is 1. The standard InChI is InChI=1S/C23H23N3O7/c1-4-23(31)15-6-16-19-11(8-26(16)21(29)14(15)9-32-22(23)30)5-12-13(10-33-25(2)3)17(27)7-18(28)20(12)24-19/h5-7,27-28,31H,4,8-10H2,1-3H3/t23-/m0/s1. The van der Waals surface area contributed by atoms with Crippen LogP contribution in [-0.2, 0) is 39.7 Å². The predicted molar refractivity (Wildman–Crippen MR) is 116 cm³/mol. The molecule has 0 bridgehead atoms. The van der Waals surface area contributed by atoms with Crippen LogP contribution in [-0.4, -0.2) is 50.0 Å². The molecule has 33 heavy (non-hydrogen) atoms. The lowest BCUT2D eigenvalue weighted by atomic mass is 9.86. The summed E-state index contributed by atoms with van der Waals surface area (Å²) in [5.74, 6) is -1.13. The number of cyclic esters (lactones) is 1. The first-order valence-electron chi connectivity index (χ1n) is 10.5. The number of hydroxylamine groups is 2. The van der Waals surface area contributed by atoms with Gasteiger partial charge in [0.1, 0.15) is 23.6 Å². The van der Waals surface area contributed by atoms with Gasteiger partial charge in [-0.3, -0.25) is 9.63 Å². The van der Waals surface area contributed by atoms with Gasteiger partial charge in [0.2, 0.25) is 0 Å². The zero-order valence-corrected chi connectivity index (χ0v) is 18.4. The Labute approximate surface area is 188 Å². The van der Waals surface area contributed by atoms with Gasteiger partial charge < -0.3 is 24.6 Å². The van der Waals surface area contributed by atoms with Crippen LogP contribution in [0.3, 0.4) is 0 Å². The Bertz CT molecular complexity index is 1400. The van der Waals surface area contributed by atoms with Crippen molar-refractivity contribution in [1.29, 1.82) is 0 Å². The second-order valence-electron chi connectivity index (χ2n) is 8.47. The first-order valence-corrected chi connectivity index (χ1v) is 10.5. The summed E-state index contributed by atoms with van der Waals surface area (Å²) >= 11 is 0. The van der Waals surface area contributed by atoms with Gasteiger partial charge in [-0.25, -0.2) is 9.78 Å². The van der Waals surface area contributed by atoms with Crippen LogP contribution in [0.2, 0.25) is 0 Å². The van der Waals surface area contributed by atoms with Crippen molar-refractivity contribution in [1.82, 2.24) is 14.6 Å². The number of phenolic OH excluding ortho intramolecular Hbond substituents is 2. The van der Waals surface area contributed by atoms with Crippen molar-refractivity contribution >= 4 is 16.9 Å². The molecule has 10 nitrogen and oxygen atoms in total. The maximum absolute atomic E-state index is 13.3. The van der Waals surface area contributed by atoms with Gasteiger partial charge in [0.05, 0.1) is 30.1 Å². The number of pyridine rings is 2. The molecule has 0 saturated carbocycles. The molecular weight excluding hydrogens is 430 g/mol. The molecule has 0 fully saturated rings. The van der Waals surface area contributed by atoms with E-state index in [1.807, 2.05) is 0 Å². The van der Waals surface area contributed by atoms with Crippen molar-refractivity contribution in [3.8, 4) is 22.9 Å². The molecule has 0 aliphatic carbocycles. The predicted octanol–water partition coefficient (Wildman–Crippen LogP) is 1.48. The van der Waals surface area contributed by atoms with Crippen LogP contribution in [0.1, 0.15) is 35.6 Å². The summed E-state index contributed by atoms with van der Waals surface area (Å²) in [7, 11) is 3.43. The van der Waals surface area contributed by atoms with Crippen LogP contribution in [0.4, 0.5) is 0 Å². The Kier molecular flexibility index (Phi) is 4.71. The second-order valence-corrected chi connectivity index (χ2v) is 8.47. The average molecular weight is 453 g/mol. The zero-order chi connectivity index (χ0) is 23.7. The quantitative estimate of drug-likeness (QED) is 0.310. The summed E-state index contributed by atoms with van der Waals surface area (Å²) in [4.78, 5) is 35.7. The largest absolute Gasteiger partial charge is 0.507 e. The zero-order valence-electron chi connectivity index (χ0n) is 18.4. The highest BCUT2D eigenvalue weighted by atomic mass is 16.7. The van der Waals surface area contributed by atoms with E-state index in [0.717, 1.165) is 0 Å². The van der Waals surface area contributed by atoms with Crippen molar-refractivity contribution in [2.45, 2.75) is 38.7 Å². The van der Waals surface area contributed by atoms with Crippen LogP contribution in [0, 0.1) is 0 Å². The number of ether oxygens (including phenoxy) is 1. The molecule has 5 rings (SSSR count). The van der Waals surface area contributed by atoms with Gasteiger partial charge in [-0.05, 0) is 18.6 Å². The van der Waals surface area contributed by atoms with Crippen molar-refractivity contribution in [3.63, 3.8) is 0 Å². The van der Waals surface area contributed by atoms with Gasteiger partial charge in [-0.2, -0.15) is 5.06 Å². The molecule has 2 aliphatic rings. The highest BCUT2D eigenvalue weighted by Gasteiger charge is 2.45. The van der Waals surface area contributed by atoms with E-state index in [-0.39, 0.29) is 59.9 Å². The normalized spacial score (nSPS) is 18.9. The Morgan fingerprint density at radius 2 is 1.97 bits per heavy atom. The molecule has 1 atom stereocenters. The Morgan fingerprint density at radius 1 is 1.21 bits per heavy atom. The Morgan fingerprint density at radius 3 is 2.67 bits per heavy atom. The average Bonchev–Trinajstić information content (AvgIpc) is 3.13. The summed E-state index contributed by atoms with van der Waals surface area (Å²) in [6.45, 7) is 1.70. The summed E-state index contributed by atoms with van der Waals surface area (Å²) in [6, 6.07) is 4.58. The lowest BCUT2D eigenvalue weighted by Crippen LogP contribution is -2.44.